The zero-order valence-corrected chi connectivity index (χ0v) is 12.7. The van der Waals surface area contributed by atoms with Gasteiger partial charge in [0, 0.05) is 24.5 Å². The highest BCUT2D eigenvalue weighted by molar-refractivity contribution is 7.10. The van der Waals surface area contributed by atoms with Crippen LogP contribution >= 0.6 is 11.3 Å². The third-order valence-corrected chi connectivity index (χ3v) is 4.23. The minimum absolute atomic E-state index is 0.0631. The molecule has 1 fully saturated rings. The molecule has 2 rings (SSSR count). The second-order valence-electron chi connectivity index (χ2n) is 4.60. The monoisotopic (exact) mass is 323 g/mol. The Morgan fingerprint density at radius 2 is 2.09 bits per heavy atom. The van der Waals surface area contributed by atoms with Crippen LogP contribution in [0.2, 0.25) is 0 Å². The quantitative estimate of drug-likeness (QED) is 0.786. The number of hydrogen-bond acceptors (Lipinski definition) is 5. The summed E-state index contributed by atoms with van der Waals surface area (Å²) in [5, 5.41) is 4.06. The number of thiophene rings is 1. The summed E-state index contributed by atoms with van der Waals surface area (Å²) in [5.41, 5.74) is 7.24. The van der Waals surface area contributed by atoms with Crippen molar-refractivity contribution in [3.63, 3.8) is 0 Å². The Morgan fingerprint density at radius 3 is 2.64 bits per heavy atom. The number of carbonyl (C=O) groups excluding carboxylic acids is 4. The minimum Gasteiger partial charge on any atom is -0.333 e. The van der Waals surface area contributed by atoms with E-state index in [1.165, 1.54) is 16.2 Å². The van der Waals surface area contributed by atoms with Gasteiger partial charge in [0.05, 0.1) is 0 Å². The number of amides is 5. The number of nitrogens with one attached hydrogen (secondary N) is 2. The topological polar surface area (TPSA) is 111 Å². The van der Waals surface area contributed by atoms with Crippen molar-refractivity contribution in [3.8, 4) is 0 Å². The molecule has 2 N–H and O–H groups in total. The molecule has 0 saturated carbocycles. The van der Waals surface area contributed by atoms with Gasteiger partial charge < -0.3 is 10.2 Å². The Kier molecular flexibility index (Phi) is 4.76. The molecule has 1 aromatic rings. The van der Waals surface area contributed by atoms with Crippen LogP contribution in [0.25, 0.3) is 0 Å². The summed E-state index contributed by atoms with van der Waals surface area (Å²) in [6.45, 7) is 2.45. The molecule has 8 nitrogen and oxygen atoms in total. The van der Waals surface area contributed by atoms with E-state index in [9.17, 15) is 19.2 Å². The largest absolute Gasteiger partial charge is 0.333 e. The summed E-state index contributed by atoms with van der Waals surface area (Å²) >= 11 is 1.22. The Hall–Kier alpha value is -2.42. The van der Waals surface area contributed by atoms with Crippen molar-refractivity contribution in [1.82, 2.24) is 20.9 Å². The molecule has 1 saturated heterocycles. The van der Waals surface area contributed by atoms with E-state index in [2.05, 4.69) is 5.32 Å². The van der Waals surface area contributed by atoms with Crippen molar-refractivity contribution >= 4 is 35.1 Å². The molecule has 0 aliphatic carbocycles. The summed E-state index contributed by atoms with van der Waals surface area (Å²) < 4.78 is 0. The second kappa shape index (κ2) is 6.56. The van der Waals surface area contributed by atoms with E-state index < -0.39 is 29.8 Å². The van der Waals surface area contributed by atoms with Gasteiger partial charge in [0.1, 0.15) is 6.04 Å². The maximum Gasteiger partial charge on any atom is 0.325 e. The van der Waals surface area contributed by atoms with Gasteiger partial charge in [0.25, 0.3) is 5.91 Å². The van der Waals surface area contributed by atoms with Gasteiger partial charge in [0.2, 0.25) is 0 Å². The van der Waals surface area contributed by atoms with E-state index in [1.54, 1.807) is 24.4 Å². The zero-order chi connectivity index (χ0) is 16.3. The molecule has 22 heavy (non-hydrogen) atoms. The highest BCUT2D eigenvalue weighted by atomic mass is 32.1. The van der Waals surface area contributed by atoms with Crippen LogP contribution in [0.3, 0.4) is 0 Å². The van der Waals surface area contributed by atoms with Gasteiger partial charge in [-0.15, -0.1) is 11.3 Å². The average molecular weight is 323 g/mol. The van der Waals surface area contributed by atoms with E-state index in [0.717, 1.165) is 4.90 Å². The van der Waals surface area contributed by atoms with Crippen molar-refractivity contribution < 1.29 is 19.2 Å². The summed E-state index contributed by atoms with van der Waals surface area (Å²) in [6, 6.07) is 1.33. The van der Waals surface area contributed by atoms with Crippen LogP contribution in [0.15, 0.2) is 17.5 Å². The van der Waals surface area contributed by atoms with Crippen LogP contribution in [0.1, 0.15) is 17.8 Å². The lowest BCUT2D eigenvalue weighted by atomic mass is 10.2. The van der Waals surface area contributed by atoms with Crippen molar-refractivity contribution in [2.45, 2.75) is 13.0 Å². The third-order valence-electron chi connectivity index (χ3n) is 3.29. The Morgan fingerprint density at radius 1 is 1.36 bits per heavy atom. The molecular weight excluding hydrogens is 308 g/mol. The van der Waals surface area contributed by atoms with Gasteiger partial charge in [-0.2, -0.15) is 0 Å². The van der Waals surface area contributed by atoms with Gasteiger partial charge in [-0.3, -0.25) is 25.0 Å². The lowest BCUT2D eigenvalue weighted by molar-refractivity contribution is -0.153. The molecule has 1 aliphatic rings. The number of imide groups is 1. The predicted molar refractivity (Wildman–Crippen MR) is 77.7 cm³/mol. The first-order valence-electron chi connectivity index (χ1n) is 6.65. The van der Waals surface area contributed by atoms with Crippen LogP contribution < -0.4 is 11.1 Å². The van der Waals surface area contributed by atoms with Crippen molar-refractivity contribution in [1.29, 1.82) is 0 Å². The molecule has 1 radical (unpaired) electrons. The predicted octanol–water partition coefficient (Wildman–Crippen LogP) is -0.00100. The maximum atomic E-state index is 12.2. The van der Waals surface area contributed by atoms with Crippen molar-refractivity contribution in [3.05, 3.63) is 22.4 Å². The number of carbonyl (C=O) groups is 4. The van der Waals surface area contributed by atoms with Crippen LogP contribution in [-0.2, 0) is 14.4 Å². The lowest BCUT2D eigenvalue weighted by Crippen LogP contribution is -2.58. The first-order valence-corrected chi connectivity index (χ1v) is 7.53. The van der Waals surface area contributed by atoms with Gasteiger partial charge in [0.15, 0.2) is 0 Å². The van der Waals surface area contributed by atoms with Gasteiger partial charge in [-0.25, -0.2) is 4.79 Å². The molecule has 2 heterocycles. The number of likely N-dealkylation sites (N-methyl/N-ethyl adjacent to an activating group) is 1. The second-order valence-corrected chi connectivity index (χ2v) is 5.58. The fourth-order valence-electron chi connectivity index (χ4n) is 2.09. The lowest BCUT2D eigenvalue weighted by Gasteiger charge is -2.32. The molecule has 0 bridgehead atoms. The smallest absolute Gasteiger partial charge is 0.325 e. The molecule has 117 valence electrons. The van der Waals surface area contributed by atoms with Gasteiger partial charge >= 0.3 is 17.8 Å². The fourth-order valence-corrected chi connectivity index (χ4v) is 2.87. The highest BCUT2D eigenvalue weighted by Crippen LogP contribution is 2.19. The third kappa shape index (κ3) is 3.08. The fraction of sp³-hybridized carbons (Fsp3) is 0.385. The summed E-state index contributed by atoms with van der Waals surface area (Å²) in [4.78, 5) is 49.8. The van der Waals surface area contributed by atoms with Crippen LogP contribution in [-0.4, -0.2) is 53.2 Å². The number of piperazine rings is 1. The molecular formula is C13H15N4O4S. The average Bonchev–Trinajstić information content (AvgIpc) is 3.00. The Labute approximate surface area is 130 Å². The molecule has 0 spiro atoms. The molecule has 5 amide bonds. The first-order chi connectivity index (χ1) is 10.5. The number of rotatable bonds is 4. The van der Waals surface area contributed by atoms with Gasteiger partial charge in [-0.1, -0.05) is 6.07 Å². The summed E-state index contributed by atoms with van der Waals surface area (Å²) in [6.07, 6.45) is 0. The molecule has 1 unspecified atom stereocenters. The SMILES string of the molecule is CCN1CCN(C(=O)NC(C([NH])=O)c2cccs2)C(=O)C1=O. The van der Waals surface area contributed by atoms with E-state index in [4.69, 9.17) is 5.73 Å². The Bertz CT molecular complexity index is 601. The summed E-state index contributed by atoms with van der Waals surface area (Å²) in [7, 11) is 0. The number of nitrogens with zero attached hydrogens (tertiary/aromatic N) is 2. The normalized spacial score (nSPS) is 16.6. The van der Waals surface area contributed by atoms with E-state index in [0.29, 0.717) is 11.4 Å². The van der Waals surface area contributed by atoms with E-state index >= 15 is 0 Å². The Balaban J connectivity index is 2.10. The zero-order valence-electron chi connectivity index (χ0n) is 11.9. The van der Waals surface area contributed by atoms with Crippen LogP contribution in [0, 0.1) is 0 Å². The van der Waals surface area contributed by atoms with E-state index in [-0.39, 0.29) is 13.1 Å². The standard InChI is InChI=1S/C13H15N4O4S/c1-2-16-5-6-17(12(20)11(16)19)13(21)15-9(10(14)18)8-4-3-7-22-8/h3-4,7,9,14H,2,5-6H2,1H3,(H,15,21). The first kappa shape index (κ1) is 16.0. The molecule has 9 heteroatoms. The highest BCUT2D eigenvalue weighted by Gasteiger charge is 2.36. The number of urea groups is 1. The van der Waals surface area contributed by atoms with Crippen LogP contribution in [0.4, 0.5) is 4.79 Å². The maximum absolute atomic E-state index is 12.2. The molecule has 1 aliphatic heterocycles. The van der Waals surface area contributed by atoms with E-state index in [1.807, 2.05) is 0 Å². The molecule has 0 aromatic carbocycles. The molecule has 1 atom stereocenters. The van der Waals surface area contributed by atoms with Gasteiger partial charge in [-0.05, 0) is 18.4 Å². The van der Waals surface area contributed by atoms with Crippen molar-refractivity contribution in [2.75, 3.05) is 19.6 Å². The van der Waals surface area contributed by atoms with Crippen LogP contribution in [0.5, 0.6) is 0 Å². The minimum atomic E-state index is -1.14. The summed E-state index contributed by atoms with van der Waals surface area (Å²) in [5.74, 6) is -2.65. The molecule has 1 aromatic heterocycles. The van der Waals surface area contributed by atoms with Crippen molar-refractivity contribution in [2.24, 2.45) is 0 Å². The number of hydrogen-bond donors (Lipinski definition) is 1.